The Labute approximate surface area is 78.9 Å². The standard InChI is InChI=1S/C9H17N3O/c1-9(2,3)7-12-5-8(6-13-4)10-11-12/h5H,6-7H2,1-4H3. The average Bonchev–Trinajstić information content (AvgIpc) is 2.33. The van der Waals surface area contributed by atoms with E-state index in [1.54, 1.807) is 7.11 Å². The van der Waals surface area contributed by atoms with Gasteiger partial charge in [-0.2, -0.15) is 0 Å². The molecule has 13 heavy (non-hydrogen) atoms. The summed E-state index contributed by atoms with van der Waals surface area (Å²) in [6.07, 6.45) is 1.93. The zero-order valence-corrected chi connectivity index (χ0v) is 8.74. The van der Waals surface area contributed by atoms with Crippen molar-refractivity contribution < 1.29 is 4.74 Å². The van der Waals surface area contributed by atoms with Gasteiger partial charge in [0.2, 0.25) is 0 Å². The molecule has 1 aromatic heterocycles. The van der Waals surface area contributed by atoms with Crippen LogP contribution in [-0.4, -0.2) is 22.1 Å². The average molecular weight is 183 g/mol. The number of nitrogens with zero attached hydrogens (tertiary/aromatic N) is 3. The molecular formula is C9H17N3O. The van der Waals surface area contributed by atoms with Gasteiger partial charge in [-0.3, -0.25) is 4.68 Å². The van der Waals surface area contributed by atoms with Gasteiger partial charge in [-0.15, -0.1) is 5.10 Å². The predicted molar refractivity (Wildman–Crippen MR) is 50.2 cm³/mol. The number of rotatable bonds is 3. The lowest BCUT2D eigenvalue weighted by Gasteiger charge is -2.16. The summed E-state index contributed by atoms with van der Waals surface area (Å²) in [5.74, 6) is 0. The molecule has 0 unspecified atom stereocenters. The molecule has 0 N–H and O–H groups in total. The van der Waals surface area contributed by atoms with Gasteiger partial charge in [0.1, 0.15) is 5.69 Å². The molecule has 0 aliphatic carbocycles. The Morgan fingerprint density at radius 1 is 1.46 bits per heavy atom. The first-order valence-electron chi connectivity index (χ1n) is 4.39. The van der Waals surface area contributed by atoms with Crippen LogP contribution < -0.4 is 0 Å². The fourth-order valence-corrected chi connectivity index (χ4v) is 1.12. The van der Waals surface area contributed by atoms with Crippen LogP contribution in [0, 0.1) is 5.41 Å². The molecule has 0 saturated heterocycles. The topological polar surface area (TPSA) is 39.9 Å². The van der Waals surface area contributed by atoms with Gasteiger partial charge < -0.3 is 4.74 Å². The molecule has 0 aliphatic rings. The lowest BCUT2D eigenvalue weighted by Crippen LogP contribution is -2.15. The minimum absolute atomic E-state index is 0.234. The third kappa shape index (κ3) is 3.55. The Bertz CT molecular complexity index is 262. The van der Waals surface area contributed by atoms with Crippen LogP contribution in [0.1, 0.15) is 26.5 Å². The van der Waals surface area contributed by atoms with E-state index in [9.17, 15) is 0 Å². The smallest absolute Gasteiger partial charge is 0.108 e. The second-order valence-corrected chi connectivity index (χ2v) is 4.40. The van der Waals surface area contributed by atoms with Gasteiger partial charge in [0.05, 0.1) is 12.8 Å². The highest BCUT2D eigenvalue weighted by atomic mass is 16.5. The van der Waals surface area contributed by atoms with Crippen LogP contribution in [0.5, 0.6) is 0 Å². The monoisotopic (exact) mass is 183 g/mol. The maximum absolute atomic E-state index is 4.96. The quantitative estimate of drug-likeness (QED) is 0.712. The third-order valence-electron chi connectivity index (χ3n) is 1.51. The number of hydrogen-bond donors (Lipinski definition) is 0. The Morgan fingerprint density at radius 2 is 2.15 bits per heavy atom. The van der Waals surface area contributed by atoms with Gasteiger partial charge in [0.25, 0.3) is 0 Å². The minimum Gasteiger partial charge on any atom is -0.378 e. The molecule has 4 heteroatoms. The van der Waals surface area contributed by atoms with Crippen molar-refractivity contribution in [2.24, 2.45) is 5.41 Å². The fraction of sp³-hybridized carbons (Fsp3) is 0.778. The first-order chi connectivity index (χ1) is 6.01. The molecule has 74 valence electrons. The molecule has 0 fully saturated rings. The maximum atomic E-state index is 4.96. The van der Waals surface area contributed by atoms with Gasteiger partial charge in [0.15, 0.2) is 0 Å². The van der Waals surface area contributed by atoms with Crippen LogP contribution in [0.4, 0.5) is 0 Å². The number of hydrogen-bond acceptors (Lipinski definition) is 3. The Morgan fingerprint density at radius 3 is 2.69 bits per heavy atom. The lowest BCUT2D eigenvalue weighted by atomic mass is 9.97. The molecule has 0 aliphatic heterocycles. The highest BCUT2D eigenvalue weighted by molar-refractivity contribution is 4.89. The van der Waals surface area contributed by atoms with E-state index in [1.165, 1.54) is 0 Å². The SMILES string of the molecule is COCc1cn(CC(C)(C)C)nn1. The van der Waals surface area contributed by atoms with Crippen LogP contribution in [-0.2, 0) is 17.9 Å². The summed E-state index contributed by atoms with van der Waals surface area (Å²) < 4.78 is 6.81. The number of aromatic nitrogens is 3. The van der Waals surface area contributed by atoms with Crippen molar-refractivity contribution in [3.8, 4) is 0 Å². The molecule has 4 nitrogen and oxygen atoms in total. The Kier molecular flexibility index (Phi) is 3.03. The summed E-state index contributed by atoms with van der Waals surface area (Å²) in [6.45, 7) is 7.92. The summed E-state index contributed by atoms with van der Waals surface area (Å²) in [5, 5.41) is 7.98. The van der Waals surface area contributed by atoms with Gasteiger partial charge in [-0.1, -0.05) is 26.0 Å². The van der Waals surface area contributed by atoms with Crippen molar-refractivity contribution in [1.82, 2.24) is 15.0 Å². The molecule has 0 atom stereocenters. The maximum Gasteiger partial charge on any atom is 0.108 e. The molecule has 0 aromatic carbocycles. The summed E-state index contributed by atoms with van der Waals surface area (Å²) in [6, 6.07) is 0. The molecule has 0 saturated carbocycles. The van der Waals surface area contributed by atoms with E-state index >= 15 is 0 Å². The molecule has 1 aromatic rings. The van der Waals surface area contributed by atoms with Gasteiger partial charge in [-0.25, -0.2) is 0 Å². The second kappa shape index (κ2) is 3.87. The number of methoxy groups -OCH3 is 1. The minimum atomic E-state index is 0.234. The summed E-state index contributed by atoms with van der Waals surface area (Å²) in [5.41, 5.74) is 1.12. The largest absolute Gasteiger partial charge is 0.378 e. The van der Waals surface area contributed by atoms with Crippen molar-refractivity contribution >= 4 is 0 Å². The third-order valence-corrected chi connectivity index (χ3v) is 1.51. The highest BCUT2D eigenvalue weighted by Crippen LogP contribution is 2.15. The van der Waals surface area contributed by atoms with Crippen molar-refractivity contribution in [2.45, 2.75) is 33.9 Å². The van der Waals surface area contributed by atoms with Gasteiger partial charge in [0, 0.05) is 13.7 Å². The van der Waals surface area contributed by atoms with Crippen molar-refractivity contribution in [3.63, 3.8) is 0 Å². The van der Waals surface area contributed by atoms with Gasteiger partial charge in [-0.05, 0) is 5.41 Å². The highest BCUT2D eigenvalue weighted by Gasteiger charge is 2.12. The summed E-state index contributed by atoms with van der Waals surface area (Å²) in [4.78, 5) is 0. The summed E-state index contributed by atoms with van der Waals surface area (Å²) >= 11 is 0. The van der Waals surface area contributed by atoms with Crippen molar-refractivity contribution in [2.75, 3.05) is 7.11 Å². The molecule has 0 amide bonds. The van der Waals surface area contributed by atoms with E-state index in [1.807, 2.05) is 10.9 Å². The zero-order chi connectivity index (χ0) is 9.90. The normalized spacial score (nSPS) is 12.0. The molecule has 0 radical (unpaired) electrons. The first-order valence-corrected chi connectivity index (χ1v) is 4.39. The number of ether oxygens (including phenoxy) is 1. The van der Waals surface area contributed by atoms with E-state index in [2.05, 4.69) is 31.1 Å². The van der Waals surface area contributed by atoms with Crippen LogP contribution in [0.2, 0.25) is 0 Å². The zero-order valence-electron chi connectivity index (χ0n) is 8.74. The van der Waals surface area contributed by atoms with E-state index in [0.29, 0.717) is 6.61 Å². The van der Waals surface area contributed by atoms with Crippen LogP contribution in [0.25, 0.3) is 0 Å². The van der Waals surface area contributed by atoms with Crippen LogP contribution in [0.15, 0.2) is 6.20 Å². The van der Waals surface area contributed by atoms with E-state index in [4.69, 9.17) is 4.74 Å². The van der Waals surface area contributed by atoms with Crippen molar-refractivity contribution in [3.05, 3.63) is 11.9 Å². The second-order valence-electron chi connectivity index (χ2n) is 4.40. The van der Waals surface area contributed by atoms with E-state index in [0.717, 1.165) is 12.2 Å². The predicted octanol–water partition coefficient (Wildman–Crippen LogP) is 1.47. The molecule has 0 spiro atoms. The lowest BCUT2D eigenvalue weighted by molar-refractivity contribution is 0.181. The van der Waals surface area contributed by atoms with E-state index in [-0.39, 0.29) is 5.41 Å². The Balaban J connectivity index is 2.59. The summed E-state index contributed by atoms with van der Waals surface area (Å²) in [7, 11) is 1.66. The van der Waals surface area contributed by atoms with Crippen LogP contribution in [0.3, 0.4) is 0 Å². The molecule has 0 bridgehead atoms. The van der Waals surface area contributed by atoms with Crippen LogP contribution >= 0.6 is 0 Å². The Hall–Kier alpha value is -0.900. The van der Waals surface area contributed by atoms with Crippen molar-refractivity contribution in [1.29, 1.82) is 0 Å². The molecule has 1 heterocycles. The molecular weight excluding hydrogens is 166 g/mol. The molecule has 1 rings (SSSR count). The first kappa shape index (κ1) is 10.2. The van der Waals surface area contributed by atoms with Gasteiger partial charge >= 0.3 is 0 Å². The fourth-order valence-electron chi connectivity index (χ4n) is 1.12. The van der Waals surface area contributed by atoms with E-state index < -0.39 is 0 Å².